The summed E-state index contributed by atoms with van der Waals surface area (Å²) in [6.07, 6.45) is 3.76. The summed E-state index contributed by atoms with van der Waals surface area (Å²) in [6.45, 7) is 1.78. The topological polar surface area (TPSA) is 108 Å². The maximum atomic E-state index is 12.2. The number of benzene rings is 1. The number of amidine groups is 1. The molecule has 0 saturated carbocycles. The average molecular weight is 364 g/mol. The van der Waals surface area contributed by atoms with Crippen LogP contribution in [0.4, 0.5) is 0 Å². The number of hydrogen-bond donors (Lipinski definition) is 3. The lowest BCUT2D eigenvalue weighted by Crippen LogP contribution is -2.52. The smallest absolute Gasteiger partial charge is 0.263 e. The first-order valence-corrected chi connectivity index (χ1v) is 8.52. The fourth-order valence-corrected chi connectivity index (χ4v) is 2.54. The van der Waals surface area contributed by atoms with Crippen molar-refractivity contribution in [2.45, 2.75) is 25.8 Å². The third kappa shape index (κ3) is 5.21. The number of carbonyl (C=O) groups excluding carboxylic acids is 2. The molecule has 0 fully saturated rings. The molecule has 3 rings (SSSR count). The van der Waals surface area contributed by atoms with E-state index in [0.29, 0.717) is 18.0 Å². The molecule has 2 amide bonds. The van der Waals surface area contributed by atoms with E-state index in [-0.39, 0.29) is 18.2 Å². The highest BCUT2D eigenvalue weighted by atomic mass is 16.2. The average Bonchev–Trinajstić information content (AvgIpc) is 2.70. The minimum Gasteiger partial charge on any atom is -0.285 e. The molecule has 0 aliphatic carbocycles. The number of carbonyl (C=O) groups is 2. The second kappa shape index (κ2) is 8.70. The van der Waals surface area contributed by atoms with Crippen molar-refractivity contribution in [3.8, 4) is 0 Å². The molecular weight excluding hydrogens is 344 g/mol. The molecule has 0 bridgehead atoms. The van der Waals surface area contributed by atoms with E-state index in [1.807, 2.05) is 30.3 Å². The molecule has 1 aliphatic rings. The Bertz CT molecular complexity index is 864. The van der Waals surface area contributed by atoms with Gasteiger partial charge in [0, 0.05) is 24.4 Å². The van der Waals surface area contributed by atoms with Crippen molar-refractivity contribution in [1.29, 1.82) is 0 Å². The van der Waals surface area contributed by atoms with Gasteiger partial charge in [-0.25, -0.2) is 5.43 Å². The second-order valence-corrected chi connectivity index (χ2v) is 6.04. The van der Waals surface area contributed by atoms with Crippen molar-refractivity contribution in [1.82, 2.24) is 21.3 Å². The largest absolute Gasteiger partial charge is 0.285 e. The van der Waals surface area contributed by atoms with E-state index in [2.05, 4.69) is 31.4 Å². The minimum absolute atomic E-state index is 0.0844. The van der Waals surface area contributed by atoms with E-state index in [4.69, 9.17) is 0 Å². The van der Waals surface area contributed by atoms with Crippen LogP contribution in [0.1, 0.15) is 24.5 Å². The van der Waals surface area contributed by atoms with E-state index in [1.165, 1.54) is 0 Å². The molecule has 2 aromatic rings. The molecular formula is C19H20N6O2. The summed E-state index contributed by atoms with van der Waals surface area (Å²) in [5.74, 6) is -0.125. The number of nitrogens with zero attached hydrogens (tertiary/aromatic N) is 3. The lowest BCUT2D eigenvalue weighted by atomic mass is 10.1. The molecule has 1 aromatic heterocycles. The minimum atomic E-state index is -0.790. The van der Waals surface area contributed by atoms with Crippen molar-refractivity contribution < 1.29 is 9.59 Å². The standard InChI is InChI=1S/C19H20N6O2/c1-13(15-7-9-20-10-8-15)22-24-18(26)12-16-19(27)25-23-17(21-16)11-14-5-3-2-4-6-14/h2-10,16H,11-12H2,1H3,(H,21,23)(H,24,26)(H,25,27)/b22-13+/t16-/m1/s1. The zero-order valence-electron chi connectivity index (χ0n) is 14.8. The van der Waals surface area contributed by atoms with E-state index >= 15 is 0 Å². The number of aliphatic imine (C=N–C) groups is 1. The molecule has 1 aliphatic heterocycles. The highest BCUT2D eigenvalue weighted by Gasteiger charge is 2.25. The summed E-state index contributed by atoms with van der Waals surface area (Å²) < 4.78 is 0. The van der Waals surface area contributed by atoms with Gasteiger partial charge in [-0.2, -0.15) is 5.10 Å². The van der Waals surface area contributed by atoms with Crippen molar-refractivity contribution in [3.63, 3.8) is 0 Å². The molecule has 8 heteroatoms. The number of hydrazine groups is 1. The van der Waals surface area contributed by atoms with Crippen LogP contribution >= 0.6 is 0 Å². The Kier molecular flexibility index (Phi) is 5.88. The quantitative estimate of drug-likeness (QED) is 0.524. The SMILES string of the molecule is C/C(=N\NC(=O)C[C@H]1N=C(Cc2ccccc2)NNC1=O)c1ccncc1. The number of hydrogen-bond acceptors (Lipinski definition) is 6. The van der Waals surface area contributed by atoms with E-state index < -0.39 is 6.04 Å². The van der Waals surface area contributed by atoms with Crippen molar-refractivity contribution in [2.24, 2.45) is 10.1 Å². The van der Waals surface area contributed by atoms with Crippen LogP contribution in [0.15, 0.2) is 65.0 Å². The Morgan fingerprint density at radius 1 is 1.15 bits per heavy atom. The first kappa shape index (κ1) is 18.2. The van der Waals surface area contributed by atoms with Gasteiger partial charge in [0.15, 0.2) is 0 Å². The fourth-order valence-electron chi connectivity index (χ4n) is 2.54. The summed E-state index contributed by atoms with van der Waals surface area (Å²) in [7, 11) is 0. The number of hydrazone groups is 1. The molecule has 1 atom stereocenters. The summed E-state index contributed by atoms with van der Waals surface area (Å²) in [4.78, 5) is 32.4. The summed E-state index contributed by atoms with van der Waals surface area (Å²) >= 11 is 0. The fraction of sp³-hybridized carbons (Fsp3) is 0.211. The van der Waals surface area contributed by atoms with Gasteiger partial charge in [0.05, 0.1) is 12.1 Å². The molecule has 0 saturated heterocycles. The zero-order valence-corrected chi connectivity index (χ0v) is 14.8. The third-order valence-electron chi connectivity index (χ3n) is 3.98. The maximum Gasteiger partial charge on any atom is 0.263 e. The molecule has 27 heavy (non-hydrogen) atoms. The number of pyridine rings is 1. The van der Waals surface area contributed by atoms with Crippen LogP contribution in [0, 0.1) is 0 Å². The predicted octanol–water partition coefficient (Wildman–Crippen LogP) is 0.956. The first-order chi connectivity index (χ1) is 13.1. The molecule has 8 nitrogen and oxygen atoms in total. The van der Waals surface area contributed by atoms with E-state index in [9.17, 15) is 9.59 Å². The normalized spacial score (nSPS) is 16.8. The van der Waals surface area contributed by atoms with Crippen LogP contribution < -0.4 is 16.3 Å². The van der Waals surface area contributed by atoms with E-state index in [0.717, 1.165) is 11.1 Å². The molecule has 2 heterocycles. The zero-order chi connectivity index (χ0) is 19.1. The Balaban J connectivity index is 1.60. The number of rotatable bonds is 6. The highest BCUT2D eigenvalue weighted by molar-refractivity contribution is 6.00. The lowest BCUT2D eigenvalue weighted by Gasteiger charge is -2.21. The van der Waals surface area contributed by atoms with Crippen molar-refractivity contribution in [3.05, 3.63) is 66.0 Å². The van der Waals surface area contributed by atoms with Crippen molar-refractivity contribution >= 4 is 23.4 Å². The van der Waals surface area contributed by atoms with Crippen LogP contribution in [0.25, 0.3) is 0 Å². The Morgan fingerprint density at radius 3 is 2.63 bits per heavy atom. The van der Waals surface area contributed by atoms with Gasteiger partial charge in [-0.15, -0.1) is 0 Å². The lowest BCUT2D eigenvalue weighted by molar-refractivity contribution is -0.128. The Labute approximate surface area is 156 Å². The second-order valence-electron chi connectivity index (χ2n) is 6.04. The van der Waals surface area contributed by atoms with E-state index in [1.54, 1.807) is 31.5 Å². The van der Waals surface area contributed by atoms with Gasteiger partial charge in [0.1, 0.15) is 11.9 Å². The van der Waals surface area contributed by atoms with Crippen LogP contribution in [-0.2, 0) is 16.0 Å². The van der Waals surface area contributed by atoms with Gasteiger partial charge in [-0.1, -0.05) is 30.3 Å². The molecule has 0 unspecified atom stereocenters. The monoisotopic (exact) mass is 364 g/mol. The van der Waals surface area contributed by atoms with Gasteiger partial charge in [0.25, 0.3) is 5.91 Å². The number of amides is 2. The Hall–Kier alpha value is -3.55. The third-order valence-corrected chi connectivity index (χ3v) is 3.98. The van der Waals surface area contributed by atoms with Crippen LogP contribution in [0.5, 0.6) is 0 Å². The number of nitrogens with one attached hydrogen (secondary N) is 3. The first-order valence-electron chi connectivity index (χ1n) is 8.52. The summed E-state index contributed by atoms with van der Waals surface area (Å²) in [5.41, 5.74) is 10.4. The molecule has 0 spiro atoms. The van der Waals surface area contributed by atoms with Crippen LogP contribution in [0.2, 0.25) is 0 Å². The van der Waals surface area contributed by atoms with Crippen LogP contribution in [0.3, 0.4) is 0 Å². The molecule has 3 N–H and O–H groups in total. The molecule has 0 radical (unpaired) electrons. The highest BCUT2D eigenvalue weighted by Crippen LogP contribution is 2.07. The van der Waals surface area contributed by atoms with Gasteiger partial charge < -0.3 is 0 Å². The summed E-state index contributed by atoms with van der Waals surface area (Å²) in [6, 6.07) is 12.6. The van der Waals surface area contributed by atoms with Gasteiger partial charge in [-0.3, -0.25) is 30.4 Å². The predicted molar refractivity (Wildman–Crippen MR) is 102 cm³/mol. The Morgan fingerprint density at radius 2 is 1.89 bits per heavy atom. The number of aromatic nitrogens is 1. The van der Waals surface area contributed by atoms with Crippen LogP contribution in [-0.4, -0.2) is 34.4 Å². The van der Waals surface area contributed by atoms with Gasteiger partial charge in [-0.05, 0) is 24.6 Å². The molecule has 1 aromatic carbocycles. The maximum absolute atomic E-state index is 12.2. The van der Waals surface area contributed by atoms with Gasteiger partial charge in [0.2, 0.25) is 5.91 Å². The van der Waals surface area contributed by atoms with Crippen molar-refractivity contribution in [2.75, 3.05) is 0 Å². The molecule has 138 valence electrons. The summed E-state index contributed by atoms with van der Waals surface area (Å²) in [5, 5.41) is 4.07. The van der Waals surface area contributed by atoms with Gasteiger partial charge >= 0.3 is 0 Å².